The van der Waals surface area contributed by atoms with Crippen molar-refractivity contribution in [2.24, 2.45) is 4.99 Å². The summed E-state index contributed by atoms with van der Waals surface area (Å²) in [4.78, 5) is 18.5. The molecule has 2 heterocycles. The molecule has 0 saturated carbocycles. The number of thiazole rings is 1. The van der Waals surface area contributed by atoms with Gasteiger partial charge >= 0.3 is 6.18 Å². The van der Waals surface area contributed by atoms with Crippen LogP contribution in [0.2, 0.25) is 0 Å². The third-order valence-electron chi connectivity index (χ3n) is 4.84. The van der Waals surface area contributed by atoms with Crippen LogP contribution in [-0.2, 0) is 22.9 Å². The molecule has 1 saturated heterocycles. The molecule has 1 aromatic carbocycles. The van der Waals surface area contributed by atoms with Crippen LogP contribution in [0.4, 0.5) is 13.2 Å². The van der Waals surface area contributed by atoms with E-state index in [9.17, 15) is 18.0 Å². The first-order chi connectivity index (χ1) is 14.0. The number of nitrogens with zero attached hydrogens (tertiary/aromatic N) is 2. The van der Waals surface area contributed by atoms with Crippen molar-refractivity contribution in [3.8, 4) is 5.75 Å². The summed E-state index contributed by atoms with van der Waals surface area (Å²) in [6, 6.07) is 2.81. The highest BCUT2D eigenvalue weighted by Gasteiger charge is 2.32. The van der Waals surface area contributed by atoms with Crippen molar-refractivity contribution in [1.29, 1.82) is 0 Å². The summed E-state index contributed by atoms with van der Waals surface area (Å²) < 4.78 is 52.0. The van der Waals surface area contributed by atoms with E-state index in [1.54, 1.807) is 0 Å². The molecule has 5 nitrogen and oxygen atoms in total. The first-order valence-electron chi connectivity index (χ1n) is 9.65. The van der Waals surface area contributed by atoms with Crippen molar-refractivity contribution in [2.45, 2.75) is 57.9 Å². The van der Waals surface area contributed by atoms with Gasteiger partial charge in [-0.3, -0.25) is 4.79 Å². The molecule has 30 heavy (non-hydrogen) atoms. The minimum Gasteiger partial charge on any atom is -0.496 e. The molecule has 0 aliphatic carbocycles. The van der Waals surface area contributed by atoms with Crippen molar-refractivity contribution in [2.75, 3.05) is 13.7 Å². The highest BCUT2D eigenvalue weighted by atomic mass is 32.1. The van der Waals surface area contributed by atoms with Crippen LogP contribution in [0.1, 0.15) is 54.4 Å². The van der Waals surface area contributed by atoms with E-state index in [0.29, 0.717) is 18.0 Å². The van der Waals surface area contributed by atoms with Gasteiger partial charge in [-0.25, -0.2) is 0 Å². The van der Waals surface area contributed by atoms with Crippen LogP contribution in [0.25, 0.3) is 0 Å². The van der Waals surface area contributed by atoms with Crippen LogP contribution in [0.5, 0.6) is 5.75 Å². The fourth-order valence-corrected chi connectivity index (χ4v) is 4.21. The summed E-state index contributed by atoms with van der Waals surface area (Å²) in [5.74, 6) is -0.726. The van der Waals surface area contributed by atoms with Gasteiger partial charge in [-0.2, -0.15) is 18.2 Å². The maximum absolute atomic E-state index is 13.1. The number of amides is 1. The highest BCUT2D eigenvalue weighted by molar-refractivity contribution is 7.09. The van der Waals surface area contributed by atoms with Crippen LogP contribution in [0.15, 0.2) is 29.4 Å². The second-order valence-corrected chi connectivity index (χ2v) is 9.25. The fraction of sp³-hybridized carbons (Fsp3) is 0.524. The van der Waals surface area contributed by atoms with Gasteiger partial charge in [0, 0.05) is 17.7 Å². The lowest BCUT2D eigenvalue weighted by atomic mass is 9.95. The molecule has 1 aliphatic rings. The molecule has 1 amide bonds. The standard InChI is InChI=1S/C21H25F3N2O3S/c1-20(2,3)17-12-26(11-14-6-5-9-29-14)19(30-17)25-18(27)15-10-13(21(22,23)24)7-8-16(15)28-4/h7-8,10,12,14H,5-6,9,11H2,1-4H3/b25-19-/t14-/m1/s1. The summed E-state index contributed by atoms with van der Waals surface area (Å²) in [5, 5.41) is 0. The molecule has 1 atom stereocenters. The van der Waals surface area contributed by atoms with E-state index in [0.717, 1.165) is 35.9 Å². The molecule has 0 bridgehead atoms. The molecule has 0 N–H and O–H groups in total. The van der Waals surface area contributed by atoms with E-state index >= 15 is 0 Å². The van der Waals surface area contributed by atoms with Gasteiger partial charge in [0.25, 0.3) is 5.91 Å². The number of halogens is 3. The van der Waals surface area contributed by atoms with E-state index in [4.69, 9.17) is 9.47 Å². The predicted octanol–water partition coefficient (Wildman–Crippen LogP) is 4.79. The Labute approximate surface area is 177 Å². The average Bonchev–Trinajstić information content (AvgIpc) is 3.31. The summed E-state index contributed by atoms with van der Waals surface area (Å²) in [6.07, 6.45) is -0.688. The molecule has 0 spiro atoms. The molecule has 1 fully saturated rings. The lowest BCUT2D eigenvalue weighted by Gasteiger charge is -2.15. The third-order valence-corrected chi connectivity index (χ3v) is 6.28. The number of benzene rings is 1. The van der Waals surface area contributed by atoms with Gasteiger partial charge in [-0.1, -0.05) is 20.8 Å². The molecule has 1 aliphatic heterocycles. The smallest absolute Gasteiger partial charge is 0.416 e. The van der Waals surface area contributed by atoms with Gasteiger partial charge in [0.15, 0.2) is 4.80 Å². The Balaban J connectivity index is 2.05. The summed E-state index contributed by atoms with van der Waals surface area (Å²) >= 11 is 1.35. The molecule has 2 aromatic rings. The molecule has 0 radical (unpaired) electrons. The van der Waals surface area contributed by atoms with Gasteiger partial charge in [-0.15, -0.1) is 11.3 Å². The fourth-order valence-electron chi connectivity index (χ4n) is 3.15. The lowest BCUT2D eigenvalue weighted by Crippen LogP contribution is -2.23. The largest absolute Gasteiger partial charge is 0.496 e. The number of aromatic nitrogens is 1. The second kappa shape index (κ2) is 8.55. The monoisotopic (exact) mass is 442 g/mol. The zero-order chi connectivity index (χ0) is 22.1. The number of carbonyl (C=O) groups excluding carboxylic acids is 1. The number of alkyl halides is 3. The van der Waals surface area contributed by atoms with Crippen LogP contribution >= 0.6 is 11.3 Å². The number of hydrogen-bond donors (Lipinski definition) is 0. The Kier molecular flexibility index (Phi) is 6.43. The van der Waals surface area contributed by atoms with Crippen LogP contribution in [0.3, 0.4) is 0 Å². The minimum atomic E-state index is -4.57. The Hall–Kier alpha value is -2.13. The molecule has 1 aromatic heterocycles. The van der Waals surface area contributed by atoms with Gasteiger partial charge in [0.05, 0.1) is 30.9 Å². The van der Waals surface area contributed by atoms with E-state index in [2.05, 4.69) is 25.8 Å². The van der Waals surface area contributed by atoms with Crippen LogP contribution < -0.4 is 9.54 Å². The quantitative estimate of drug-likeness (QED) is 0.684. The van der Waals surface area contributed by atoms with E-state index in [1.165, 1.54) is 18.4 Å². The third kappa shape index (κ3) is 5.13. The molecule has 3 rings (SSSR count). The number of ether oxygens (including phenoxy) is 2. The van der Waals surface area contributed by atoms with E-state index in [1.807, 2.05) is 10.8 Å². The van der Waals surface area contributed by atoms with Crippen molar-refractivity contribution in [3.63, 3.8) is 0 Å². The molecular formula is C21H25F3N2O3S. The number of rotatable bonds is 4. The van der Waals surface area contributed by atoms with Gasteiger partial charge in [0.1, 0.15) is 5.75 Å². The Morgan fingerprint density at radius 3 is 2.63 bits per heavy atom. The lowest BCUT2D eigenvalue weighted by molar-refractivity contribution is -0.137. The van der Waals surface area contributed by atoms with Crippen LogP contribution in [-0.4, -0.2) is 30.3 Å². The number of hydrogen-bond acceptors (Lipinski definition) is 4. The maximum Gasteiger partial charge on any atom is 0.416 e. The van der Waals surface area contributed by atoms with Gasteiger partial charge in [-0.05, 0) is 36.5 Å². The van der Waals surface area contributed by atoms with Crippen molar-refractivity contribution in [3.05, 3.63) is 45.2 Å². The number of carbonyl (C=O) groups is 1. The second-order valence-electron chi connectivity index (χ2n) is 8.25. The Morgan fingerprint density at radius 1 is 1.33 bits per heavy atom. The molecule has 9 heteroatoms. The predicted molar refractivity (Wildman–Crippen MR) is 108 cm³/mol. The zero-order valence-corrected chi connectivity index (χ0v) is 18.2. The maximum atomic E-state index is 13.1. The topological polar surface area (TPSA) is 52.8 Å². The number of methoxy groups -OCH3 is 1. The van der Waals surface area contributed by atoms with Crippen LogP contribution in [0, 0.1) is 0 Å². The van der Waals surface area contributed by atoms with Gasteiger partial charge in [0.2, 0.25) is 0 Å². The van der Waals surface area contributed by atoms with Crippen molar-refractivity contribution < 1.29 is 27.4 Å². The van der Waals surface area contributed by atoms with E-state index < -0.39 is 17.6 Å². The molecule has 0 unspecified atom stereocenters. The zero-order valence-electron chi connectivity index (χ0n) is 17.4. The average molecular weight is 443 g/mol. The molecule has 164 valence electrons. The molecular weight excluding hydrogens is 417 g/mol. The Morgan fingerprint density at radius 2 is 2.07 bits per heavy atom. The van der Waals surface area contributed by atoms with Crippen molar-refractivity contribution >= 4 is 17.2 Å². The normalized spacial score (nSPS) is 18.1. The van der Waals surface area contributed by atoms with Crippen molar-refractivity contribution in [1.82, 2.24) is 4.57 Å². The SMILES string of the molecule is COc1ccc(C(F)(F)F)cc1C(=O)/N=c1\sc(C(C)(C)C)cn1C[C@H]1CCCO1. The highest BCUT2D eigenvalue weighted by Crippen LogP contribution is 2.33. The summed E-state index contributed by atoms with van der Waals surface area (Å²) in [7, 11) is 1.31. The summed E-state index contributed by atoms with van der Waals surface area (Å²) in [6.45, 7) is 7.40. The van der Waals surface area contributed by atoms with E-state index in [-0.39, 0.29) is 22.8 Å². The Bertz CT molecular complexity index is 981. The minimum absolute atomic E-state index is 0.0320. The summed E-state index contributed by atoms with van der Waals surface area (Å²) in [5.41, 5.74) is -1.30. The first kappa shape index (κ1) is 22.6. The first-order valence-corrected chi connectivity index (χ1v) is 10.5. The van der Waals surface area contributed by atoms with Gasteiger partial charge < -0.3 is 14.0 Å².